The first-order valence-corrected chi connectivity index (χ1v) is 9.54. The van der Waals surface area contributed by atoms with Crippen LogP contribution in [0.3, 0.4) is 0 Å². The zero-order valence-corrected chi connectivity index (χ0v) is 15.9. The monoisotopic (exact) mass is 363 g/mol. The molecule has 2 aromatic carbocycles. The maximum atomic E-state index is 13.2. The van der Waals surface area contributed by atoms with Crippen LogP contribution in [-0.4, -0.2) is 60.9 Å². The molecule has 0 aliphatic carbocycles. The van der Waals surface area contributed by atoms with Gasteiger partial charge in [0.05, 0.1) is 0 Å². The molecular formula is C22H25N3O2. The van der Waals surface area contributed by atoms with Crippen molar-refractivity contribution in [2.75, 3.05) is 38.1 Å². The molecule has 0 radical (unpaired) electrons. The van der Waals surface area contributed by atoms with E-state index in [1.165, 1.54) is 5.56 Å². The standard InChI is InChI=1S/C22H25N3O2/c1-16-14-17-6-3-4-9-20(17)25(16)22(27)19-8-5-7-18(15-19)21(26)24-12-10-23(2)11-13-24/h3-9,15-16H,10-14H2,1-2H3. The molecule has 2 amide bonds. The van der Waals surface area contributed by atoms with E-state index in [0.717, 1.165) is 38.3 Å². The summed E-state index contributed by atoms with van der Waals surface area (Å²) in [5.41, 5.74) is 3.33. The van der Waals surface area contributed by atoms with Gasteiger partial charge in [0, 0.05) is 49.0 Å². The normalized spacial score (nSPS) is 19.9. The van der Waals surface area contributed by atoms with Gasteiger partial charge < -0.3 is 14.7 Å². The van der Waals surface area contributed by atoms with Gasteiger partial charge in [0.25, 0.3) is 11.8 Å². The number of carbonyl (C=O) groups is 2. The van der Waals surface area contributed by atoms with E-state index in [2.05, 4.69) is 24.9 Å². The molecule has 0 spiro atoms. The molecular weight excluding hydrogens is 338 g/mol. The highest BCUT2D eigenvalue weighted by Crippen LogP contribution is 2.33. The Bertz CT molecular complexity index is 871. The third-order valence-electron chi connectivity index (χ3n) is 5.57. The number of hydrogen-bond acceptors (Lipinski definition) is 3. The summed E-state index contributed by atoms with van der Waals surface area (Å²) < 4.78 is 0. The molecule has 0 saturated carbocycles. The maximum Gasteiger partial charge on any atom is 0.258 e. The van der Waals surface area contributed by atoms with Crippen LogP contribution in [0.15, 0.2) is 48.5 Å². The van der Waals surface area contributed by atoms with Crippen molar-refractivity contribution in [2.45, 2.75) is 19.4 Å². The smallest absolute Gasteiger partial charge is 0.258 e. The molecule has 140 valence electrons. The summed E-state index contributed by atoms with van der Waals surface area (Å²) in [5, 5.41) is 0. The number of nitrogens with zero attached hydrogens (tertiary/aromatic N) is 3. The predicted molar refractivity (Wildman–Crippen MR) is 106 cm³/mol. The van der Waals surface area contributed by atoms with Gasteiger partial charge in [-0.2, -0.15) is 0 Å². The number of rotatable bonds is 2. The van der Waals surface area contributed by atoms with E-state index in [1.807, 2.05) is 34.1 Å². The molecule has 2 aliphatic heterocycles. The number of hydrogen-bond donors (Lipinski definition) is 0. The lowest BCUT2D eigenvalue weighted by molar-refractivity contribution is 0.0664. The predicted octanol–water partition coefficient (Wildman–Crippen LogP) is 2.67. The van der Waals surface area contributed by atoms with E-state index in [9.17, 15) is 9.59 Å². The van der Waals surface area contributed by atoms with Crippen molar-refractivity contribution in [3.63, 3.8) is 0 Å². The van der Waals surface area contributed by atoms with Crippen molar-refractivity contribution < 1.29 is 9.59 Å². The summed E-state index contributed by atoms with van der Waals surface area (Å²) in [5.74, 6) is -0.0342. The molecule has 0 bridgehead atoms. The molecule has 0 aromatic heterocycles. The van der Waals surface area contributed by atoms with Crippen LogP contribution in [0.4, 0.5) is 5.69 Å². The van der Waals surface area contributed by atoms with Crippen LogP contribution in [-0.2, 0) is 6.42 Å². The van der Waals surface area contributed by atoms with E-state index in [1.54, 1.807) is 18.2 Å². The van der Waals surface area contributed by atoms with Gasteiger partial charge in [-0.25, -0.2) is 0 Å². The SMILES string of the molecule is CC1Cc2ccccc2N1C(=O)c1cccc(C(=O)N2CCN(C)CC2)c1. The zero-order valence-electron chi connectivity index (χ0n) is 15.9. The lowest BCUT2D eigenvalue weighted by Gasteiger charge is -2.32. The summed E-state index contributed by atoms with van der Waals surface area (Å²) >= 11 is 0. The Hall–Kier alpha value is -2.66. The number of anilines is 1. The number of piperazine rings is 1. The third kappa shape index (κ3) is 3.35. The minimum absolute atomic E-state index is 0.00706. The largest absolute Gasteiger partial charge is 0.336 e. The minimum atomic E-state index is -0.0412. The second kappa shape index (κ2) is 7.16. The van der Waals surface area contributed by atoms with Crippen molar-refractivity contribution in [1.82, 2.24) is 9.80 Å². The fourth-order valence-corrected chi connectivity index (χ4v) is 3.99. The zero-order chi connectivity index (χ0) is 19.0. The second-order valence-electron chi connectivity index (χ2n) is 7.53. The Morgan fingerprint density at radius 1 is 0.889 bits per heavy atom. The molecule has 27 heavy (non-hydrogen) atoms. The van der Waals surface area contributed by atoms with Crippen molar-refractivity contribution in [2.24, 2.45) is 0 Å². The minimum Gasteiger partial charge on any atom is -0.336 e. The van der Waals surface area contributed by atoms with Crippen molar-refractivity contribution in [3.8, 4) is 0 Å². The first-order valence-electron chi connectivity index (χ1n) is 9.54. The molecule has 1 atom stereocenters. The fraction of sp³-hybridized carbons (Fsp3) is 0.364. The highest BCUT2D eigenvalue weighted by Gasteiger charge is 2.31. The Morgan fingerprint density at radius 3 is 2.30 bits per heavy atom. The van der Waals surface area contributed by atoms with Crippen LogP contribution in [0.1, 0.15) is 33.2 Å². The maximum absolute atomic E-state index is 13.2. The van der Waals surface area contributed by atoms with Crippen LogP contribution < -0.4 is 4.90 Å². The summed E-state index contributed by atoms with van der Waals surface area (Å²) in [7, 11) is 2.07. The van der Waals surface area contributed by atoms with Crippen LogP contribution in [0.25, 0.3) is 0 Å². The van der Waals surface area contributed by atoms with Gasteiger partial charge in [-0.1, -0.05) is 24.3 Å². The molecule has 1 fully saturated rings. The molecule has 5 heteroatoms. The highest BCUT2D eigenvalue weighted by molar-refractivity contribution is 6.09. The number of likely N-dealkylation sites (N-methyl/N-ethyl adjacent to an activating group) is 1. The van der Waals surface area contributed by atoms with Gasteiger partial charge in [0.15, 0.2) is 0 Å². The Balaban J connectivity index is 1.57. The van der Waals surface area contributed by atoms with Gasteiger partial charge in [-0.15, -0.1) is 0 Å². The molecule has 2 aliphatic rings. The molecule has 2 aromatic rings. The number of carbonyl (C=O) groups excluding carboxylic acids is 2. The van der Waals surface area contributed by atoms with Crippen LogP contribution in [0.5, 0.6) is 0 Å². The van der Waals surface area contributed by atoms with Crippen molar-refractivity contribution >= 4 is 17.5 Å². The van der Waals surface area contributed by atoms with Gasteiger partial charge in [-0.05, 0) is 50.2 Å². The topological polar surface area (TPSA) is 43.9 Å². The van der Waals surface area contributed by atoms with Crippen LogP contribution >= 0.6 is 0 Å². The second-order valence-corrected chi connectivity index (χ2v) is 7.53. The molecule has 1 saturated heterocycles. The molecule has 0 N–H and O–H groups in total. The quantitative estimate of drug-likeness (QED) is 0.824. The Labute approximate surface area is 160 Å². The molecule has 4 rings (SSSR count). The van der Waals surface area contributed by atoms with Crippen LogP contribution in [0, 0.1) is 0 Å². The molecule has 2 heterocycles. The first kappa shape index (κ1) is 17.7. The summed E-state index contributed by atoms with van der Waals surface area (Å²) in [4.78, 5) is 32.0. The fourth-order valence-electron chi connectivity index (χ4n) is 3.99. The van der Waals surface area contributed by atoms with Gasteiger partial charge in [-0.3, -0.25) is 9.59 Å². The first-order chi connectivity index (χ1) is 13.0. The van der Waals surface area contributed by atoms with Crippen LogP contribution in [0.2, 0.25) is 0 Å². The Kier molecular flexibility index (Phi) is 4.70. The summed E-state index contributed by atoms with van der Waals surface area (Å²) in [6, 6.07) is 15.3. The molecule has 1 unspecified atom stereocenters. The number of amides is 2. The lowest BCUT2D eigenvalue weighted by Crippen LogP contribution is -2.47. The number of benzene rings is 2. The summed E-state index contributed by atoms with van der Waals surface area (Å²) in [6.45, 7) is 5.28. The van der Waals surface area contributed by atoms with Gasteiger partial charge >= 0.3 is 0 Å². The number of fused-ring (bicyclic) bond motifs is 1. The average Bonchev–Trinajstić information content (AvgIpc) is 3.03. The lowest BCUT2D eigenvalue weighted by atomic mass is 10.1. The van der Waals surface area contributed by atoms with E-state index >= 15 is 0 Å². The highest BCUT2D eigenvalue weighted by atomic mass is 16.2. The average molecular weight is 363 g/mol. The third-order valence-corrected chi connectivity index (χ3v) is 5.57. The number of para-hydroxylation sites is 1. The van der Waals surface area contributed by atoms with Gasteiger partial charge in [0.1, 0.15) is 0 Å². The molecule has 5 nitrogen and oxygen atoms in total. The van der Waals surface area contributed by atoms with E-state index in [4.69, 9.17) is 0 Å². The van der Waals surface area contributed by atoms with Gasteiger partial charge in [0.2, 0.25) is 0 Å². The summed E-state index contributed by atoms with van der Waals surface area (Å²) in [6.07, 6.45) is 0.863. The van der Waals surface area contributed by atoms with E-state index in [-0.39, 0.29) is 17.9 Å². The Morgan fingerprint density at radius 2 is 1.56 bits per heavy atom. The van der Waals surface area contributed by atoms with E-state index in [0.29, 0.717) is 11.1 Å². The van der Waals surface area contributed by atoms with Crippen molar-refractivity contribution in [1.29, 1.82) is 0 Å². The van der Waals surface area contributed by atoms with E-state index < -0.39 is 0 Å². The van der Waals surface area contributed by atoms with Crippen molar-refractivity contribution in [3.05, 3.63) is 65.2 Å².